The Morgan fingerprint density at radius 1 is 1.00 bits per heavy atom. The van der Waals surface area contributed by atoms with Gasteiger partial charge in [0.15, 0.2) is 9.84 Å². The van der Waals surface area contributed by atoms with Gasteiger partial charge in [0.1, 0.15) is 0 Å². The minimum atomic E-state index is -2.86. The lowest BCUT2D eigenvalue weighted by molar-refractivity contribution is 0.288. The number of nitrogens with zero attached hydrogens (tertiary/aromatic N) is 1. The van der Waals surface area contributed by atoms with Gasteiger partial charge in [-0.1, -0.05) is 30.3 Å². The van der Waals surface area contributed by atoms with Gasteiger partial charge in [0.2, 0.25) is 0 Å². The molecular weight excluding hydrogens is 420 g/mol. The van der Waals surface area contributed by atoms with Crippen molar-refractivity contribution in [3.63, 3.8) is 0 Å². The van der Waals surface area contributed by atoms with E-state index in [2.05, 4.69) is 63.0 Å². The number of nitrogens with one attached hydrogen (secondary N) is 3. The van der Waals surface area contributed by atoms with Crippen LogP contribution in [-0.2, 0) is 16.4 Å². The lowest BCUT2D eigenvalue weighted by atomic mass is 9.98. The van der Waals surface area contributed by atoms with E-state index < -0.39 is 9.84 Å². The molecule has 0 radical (unpaired) electrons. The van der Waals surface area contributed by atoms with E-state index >= 15 is 0 Å². The van der Waals surface area contributed by atoms with Crippen LogP contribution in [0.3, 0.4) is 0 Å². The zero-order chi connectivity index (χ0) is 22.0. The molecule has 2 saturated heterocycles. The standard InChI is InChI=1S/C25H32N4O2S/c30-32(31)12-10-29(11-13-32)18-20-14-22-16-23(21-4-2-1-3-5-21)28-25(22)24(15-20)27-17-19-6-8-26-9-7-19/h1-5,14-16,19,26-28H,6-13,17-18H2. The molecule has 0 aliphatic carbocycles. The van der Waals surface area contributed by atoms with Crippen molar-refractivity contribution in [1.29, 1.82) is 0 Å². The van der Waals surface area contributed by atoms with E-state index in [-0.39, 0.29) is 11.5 Å². The number of benzene rings is 2. The number of hydrogen-bond donors (Lipinski definition) is 3. The van der Waals surface area contributed by atoms with Gasteiger partial charge in [-0.25, -0.2) is 8.42 Å². The molecule has 2 aliphatic heterocycles. The molecule has 2 aliphatic rings. The molecule has 0 bridgehead atoms. The molecule has 2 aromatic carbocycles. The molecule has 2 fully saturated rings. The largest absolute Gasteiger partial charge is 0.383 e. The third-order valence-corrected chi connectivity index (χ3v) is 8.37. The number of rotatable bonds is 6. The molecule has 3 heterocycles. The lowest BCUT2D eigenvalue weighted by Gasteiger charge is -2.27. The molecule has 3 N–H and O–H groups in total. The molecular formula is C25H32N4O2S. The smallest absolute Gasteiger partial charge is 0.152 e. The number of sulfone groups is 1. The van der Waals surface area contributed by atoms with Crippen molar-refractivity contribution in [2.45, 2.75) is 19.4 Å². The van der Waals surface area contributed by atoms with Crippen molar-refractivity contribution in [1.82, 2.24) is 15.2 Å². The third-order valence-electron chi connectivity index (χ3n) is 6.76. The van der Waals surface area contributed by atoms with Crippen LogP contribution in [0.2, 0.25) is 0 Å². The molecule has 0 amide bonds. The average molecular weight is 453 g/mol. The Morgan fingerprint density at radius 2 is 1.75 bits per heavy atom. The summed E-state index contributed by atoms with van der Waals surface area (Å²) in [6.07, 6.45) is 2.41. The molecule has 7 heteroatoms. The van der Waals surface area contributed by atoms with Crippen LogP contribution in [0.4, 0.5) is 5.69 Å². The van der Waals surface area contributed by atoms with E-state index in [1.807, 2.05) is 6.07 Å². The zero-order valence-corrected chi connectivity index (χ0v) is 19.3. The highest BCUT2D eigenvalue weighted by atomic mass is 32.2. The lowest BCUT2D eigenvalue weighted by Crippen LogP contribution is -2.39. The molecule has 0 spiro atoms. The predicted octanol–water partition coefficient (Wildman–Crippen LogP) is 3.48. The number of hydrogen-bond acceptors (Lipinski definition) is 5. The number of piperidine rings is 1. The van der Waals surface area contributed by atoms with Gasteiger partial charge in [0, 0.05) is 37.3 Å². The summed E-state index contributed by atoms with van der Waals surface area (Å²) in [5.41, 5.74) is 5.80. The number of aromatic nitrogens is 1. The van der Waals surface area contributed by atoms with Gasteiger partial charge >= 0.3 is 0 Å². The van der Waals surface area contributed by atoms with E-state index in [0.29, 0.717) is 19.0 Å². The highest BCUT2D eigenvalue weighted by Crippen LogP contribution is 2.31. The highest BCUT2D eigenvalue weighted by Gasteiger charge is 2.22. The van der Waals surface area contributed by atoms with Gasteiger partial charge in [-0.3, -0.25) is 4.90 Å². The highest BCUT2D eigenvalue weighted by molar-refractivity contribution is 7.91. The monoisotopic (exact) mass is 452 g/mol. The fraction of sp³-hybridized carbons (Fsp3) is 0.440. The molecule has 0 saturated carbocycles. The minimum Gasteiger partial charge on any atom is -0.383 e. The maximum absolute atomic E-state index is 11.8. The van der Waals surface area contributed by atoms with Crippen molar-refractivity contribution in [2.75, 3.05) is 49.5 Å². The van der Waals surface area contributed by atoms with Crippen LogP contribution in [0.25, 0.3) is 22.2 Å². The Labute approximate surface area is 190 Å². The fourth-order valence-corrected chi connectivity index (χ4v) is 6.09. The molecule has 5 rings (SSSR count). The Bertz CT molecular complexity index is 1150. The van der Waals surface area contributed by atoms with Crippen molar-refractivity contribution in [3.05, 3.63) is 54.1 Å². The molecule has 32 heavy (non-hydrogen) atoms. The minimum absolute atomic E-state index is 0.262. The first-order valence-corrected chi connectivity index (χ1v) is 13.5. The fourth-order valence-electron chi connectivity index (χ4n) is 4.82. The second-order valence-electron chi connectivity index (χ2n) is 9.16. The van der Waals surface area contributed by atoms with Crippen molar-refractivity contribution in [3.8, 4) is 11.3 Å². The van der Waals surface area contributed by atoms with Crippen LogP contribution in [0.5, 0.6) is 0 Å². The first kappa shape index (κ1) is 21.5. The number of anilines is 1. The summed E-state index contributed by atoms with van der Waals surface area (Å²) in [5.74, 6) is 1.21. The van der Waals surface area contributed by atoms with E-state index in [4.69, 9.17) is 0 Å². The topological polar surface area (TPSA) is 77.2 Å². The number of fused-ring (bicyclic) bond motifs is 1. The summed E-state index contributed by atoms with van der Waals surface area (Å²) >= 11 is 0. The van der Waals surface area contributed by atoms with E-state index in [1.54, 1.807) is 0 Å². The van der Waals surface area contributed by atoms with Crippen LogP contribution in [0, 0.1) is 5.92 Å². The number of aromatic amines is 1. The van der Waals surface area contributed by atoms with Gasteiger partial charge in [-0.05, 0) is 61.2 Å². The van der Waals surface area contributed by atoms with E-state index in [9.17, 15) is 8.42 Å². The van der Waals surface area contributed by atoms with Crippen LogP contribution in [0.15, 0.2) is 48.5 Å². The second-order valence-corrected chi connectivity index (χ2v) is 11.5. The molecule has 0 atom stereocenters. The SMILES string of the molecule is O=S1(=O)CCN(Cc2cc(NCC3CCNCC3)c3[nH]c(-c4ccccc4)cc3c2)CC1. The molecule has 1 aromatic heterocycles. The summed E-state index contributed by atoms with van der Waals surface area (Å²) in [6, 6.07) is 17.1. The molecule has 3 aromatic rings. The molecule has 0 unspecified atom stereocenters. The summed E-state index contributed by atoms with van der Waals surface area (Å²) in [4.78, 5) is 5.90. The van der Waals surface area contributed by atoms with Crippen molar-refractivity contribution in [2.24, 2.45) is 5.92 Å². The third kappa shape index (κ3) is 5.00. The first-order chi connectivity index (χ1) is 15.6. The quantitative estimate of drug-likeness (QED) is 0.534. The Hall–Kier alpha value is -2.35. The van der Waals surface area contributed by atoms with Crippen LogP contribution in [-0.4, -0.2) is 62.5 Å². The molecule has 6 nitrogen and oxygen atoms in total. The first-order valence-electron chi connectivity index (χ1n) is 11.6. The van der Waals surface area contributed by atoms with E-state index in [0.717, 1.165) is 43.1 Å². The average Bonchev–Trinajstić information content (AvgIpc) is 3.25. The van der Waals surface area contributed by atoms with Gasteiger partial charge in [-0.2, -0.15) is 0 Å². The summed E-state index contributed by atoms with van der Waals surface area (Å²) in [7, 11) is -2.86. The summed E-state index contributed by atoms with van der Waals surface area (Å²) in [6.45, 7) is 5.17. The van der Waals surface area contributed by atoms with Crippen molar-refractivity contribution < 1.29 is 8.42 Å². The van der Waals surface area contributed by atoms with Crippen LogP contribution >= 0.6 is 0 Å². The van der Waals surface area contributed by atoms with Gasteiger partial charge < -0.3 is 15.6 Å². The van der Waals surface area contributed by atoms with Crippen LogP contribution in [0.1, 0.15) is 18.4 Å². The van der Waals surface area contributed by atoms with Gasteiger partial charge in [0.05, 0.1) is 22.7 Å². The van der Waals surface area contributed by atoms with Gasteiger partial charge in [0.25, 0.3) is 0 Å². The Kier molecular flexibility index (Phi) is 6.22. The molecule has 170 valence electrons. The number of H-pyrrole nitrogens is 1. The van der Waals surface area contributed by atoms with Gasteiger partial charge in [-0.15, -0.1) is 0 Å². The predicted molar refractivity (Wildman–Crippen MR) is 132 cm³/mol. The summed E-state index contributed by atoms with van der Waals surface area (Å²) < 4.78 is 23.6. The maximum atomic E-state index is 11.8. The normalized spacial score (nSPS) is 19.9. The zero-order valence-electron chi connectivity index (χ0n) is 18.4. The van der Waals surface area contributed by atoms with E-state index in [1.165, 1.54) is 29.4 Å². The second kappa shape index (κ2) is 9.25. The van der Waals surface area contributed by atoms with Crippen molar-refractivity contribution >= 4 is 26.4 Å². The summed E-state index contributed by atoms with van der Waals surface area (Å²) in [5, 5.41) is 8.37. The van der Waals surface area contributed by atoms with Crippen LogP contribution < -0.4 is 10.6 Å². The Morgan fingerprint density at radius 3 is 2.50 bits per heavy atom. The Balaban J connectivity index is 1.42. The maximum Gasteiger partial charge on any atom is 0.152 e.